The smallest absolute Gasteiger partial charge is 0.362 e. The van der Waals surface area contributed by atoms with E-state index in [2.05, 4.69) is 38.2 Å². The molecule has 0 radical (unpaired) electrons. The predicted octanol–water partition coefficient (Wildman–Crippen LogP) is 14.0. The quantitative estimate of drug-likeness (QED) is 0.0282. The second kappa shape index (κ2) is 42.5. The fourth-order valence-electron chi connectivity index (χ4n) is 7.43. The number of unbranched alkanes of at least 4 members (excludes halogenated alkanes) is 27. The van der Waals surface area contributed by atoms with Gasteiger partial charge in [-0.2, -0.15) is 0 Å². The van der Waals surface area contributed by atoms with Crippen LogP contribution in [0.15, 0.2) is 24.3 Å². The molecular formula is C51H96NO7+. The van der Waals surface area contributed by atoms with Crippen LogP contribution in [0.2, 0.25) is 0 Å². The molecule has 59 heavy (non-hydrogen) atoms. The Morgan fingerprint density at radius 3 is 1.25 bits per heavy atom. The number of nitrogens with zero attached hydrogens (tertiary/aromatic N) is 1. The Bertz CT molecular complexity index is 1020. The predicted molar refractivity (Wildman–Crippen MR) is 248 cm³/mol. The van der Waals surface area contributed by atoms with Gasteiger partial charge in [0.1, 0.15) is 6.61 Å². The van der Waals surface area contributed by atoms with Gasteiger partial charge in [-0.1, -0.05) is 173 Å². The van der Waals surface area contributed by atoms with Crippen molar-refractivity contribution < 1.29 is 38.2 Å². The summed E-state index contributed by atoms with van der Waals surface area (Å²) in [5.41, 5.74) is 0. The molecule has 2 unspecified atom stereocenters. The number of carbonyl (C=O) groups is 3. The summed E-state index contributed by atoms with van der Waals surface area (Å²) >= 11 is 0. The summed E-state index contributed by atoms with van der Waals surface area (Å²) in [6.07, 6.45) is 48.0. The lowest BCUT2D eigenvalue weighted by atomic mass is 10.0. The Morgan fingerprint density at radius 1 is 0.492 bits per heavy atom. The number of hydrogen-bond donors (Lipinski definition) is 1. The summed E-state index contributed by atoms with van der Waals surface area (Å²) in [5.74, 6) is -1.47. The van der Waals surface area contributed by atoms with E-state index < -0.39 is 18.1 Å². The molecule has 8 heteroatoms. The topological polar surface area (TPSA) is 99.1 Å². The first kappa shape index (κ1) is 56.8. The van der Waals surface area contributed by atoms with Gasteiger partial charge in [0, 0.05) is 19.3 Å². The molecule has 0 spiro atoms. The number of ether oxygens (including phenoxy) is 3. The maximum Gasteiger partial charge on any atom is 0.362 e. The molecule has 0 rings (SSSR count). The Hall–Kier alpha value is -2.19. The monoisotopic (exact) mass is 835 g/mol. The number of likely N-dealkylation sites (N-methyl/N-ethyl adjacent to an activating group) is 1. The van der Waals surface area contributed by atoms with Crippen molar-refractivity contribution in [1.82, 2.24) is 0 Å². The zero-order valence-electron chi connectivity index (χ0n) is 39.5. The maximum absolute atomic E-state index is 12.7. The lowest BCUT2D eigenvalue weighted by Gasteiger charge is -2.31. The summed E-state index contributed by atoms with van der Waals surface area (Å²) in [7, 11) is 5.53. The molecule has 1 N–H and O–H groups in total. The van der Waals surface area contributed by atoms with Gasteiger partial charge >= 0.3 is 17.9 Å². The number of hydrogen-bond acceptors (Lipinski definition) is 6. The number of quaternary nitrogens is 1. The Morgan fingerprint density at radius 2 is 0.847 bits per heavy atom. The van der Waals surface area contributed by atoms with E-state index in [4.69, 9.17) is 14.2 Å². The van der Waals surface area contributed by atoms with Crippen molar-refractivity contribution in [2.75, 3.05) is 41.0 Å². The van der Waals surface area contributed by atoms with Crippen LogP contribution in [0.25, 0.3) is 0 Å². The van der Waals surface area contributed by atoms with Crippen LogP contribution in [0.5, 0.6) is 0 Å². The summed E-state index contributed by atoms with van der Waals surface area (Å²) in [4.78, 5) is 37.0. The summed E-state index contributed by atoms with van der Waals surface area (Å²) in [5, 5.41) is 9.63. The molecule has 0 aliphatic heterocycles. The average Bonchev–Trinajstić information content (AvgIpc) is 3.19. The van der Waals surface area contributed by atoms with Crippen LogP contribution in [-0.2, 0) is 28.6 Å². The SMILES string of the molecule is CCCCC/C=C/CCCCCCCC(=O)OC(COCCC(C(=O)O)[N+](C)(C)C)COC(=O)CCCCCCCCC/C=C/CCCCCCCCCCCCCC. The standard InChI is InChI=1S/C51H95NO7/c1-6-8-10-12-14-16-18-20-21-22-23-24-25-26-27-28-29-30-32-33-35-37-39-41-49(53)58-46-47(45-57-44-43-48(51(55)56)52(3,4)5)59-50(54)42-40-38-36-34-31-19-17-15-13-11-9-7-2/h15,17,26-27,47-48H,6-14,16,18-25,28-46H2,1-5H3/p+1/b17-15+,27-26+. The van der Waals surface area contributed by atoms with Gasteiger partial charge in [-0.3, -0.25) is 9.59 Å². The highest BCUT2D eigenvalue weighted by atomic mass is 16.6. The molecular weight excluding hydrogens is 739 g/mol. The number of allylic oxidation sites excluding steroid dienone is 4. The first-order valence-corrected chi connectivity index (χ1v) is 24.9. The number of carboxylic acids is 1. The largest absolute Gasteiger partial charge is 0.477 e. The van der Waals surface area contributed by atoms with E-state index in [0.717, 1.165) is 51.4 Å². The third-order valence-corrected chi connectivity index (χ3v) is 11.3. The second-order valence-corrected chi connectivity index (χ2v) is 18.1. The van der Waals surface area contributed by atoms with E-state index in [1.165, 1.54) is 148 Å². The van der Waals surface area contributed by atoms with Crippen molar-refractivity contribution in [3.8, 4) is 0 Å². The zero-order valence-corrected chi connectivity index (χ0v) is 39.5. The molecule has 0 fully saturated rings. The molecule has 0 aromatic rings. The van der Waals surface area contributed by atoms with Crippen molar-refractivity contribution in [2.24, 2.45) is 0 Å². The molecule has 346 valence electrons. The second-order valence-electron chi connectivity index (χ2n) is 18.1. The zero-order chi connectivity index (χ0) is 43.5. The van der Waals surface area contributed by atoms with Gasteiger partial charge in [0.2, 0.25) is 0 Å². The molecule has 0 aromatic heterocycles. The Balaban J connectivity index is 4.17. The summed E-state index contributed by atoms with van der Waals surface area (Å²) in [6, 6.07) is -0.614. The van der Waals surface area contributed by atoms with Crippen LogP contribution in [-0.4, -0.2) is 80.6 Å². The molecule has 0 heterocycles. The molecule has 0 aliphatic carbocycles. The van der Waals surface area contributed by atoms with Crippen LogP contribution in [0.3, 0.4) is 0 Å². The van der Waals surface area contributed by atoms with Crippen LogP contribution in [0.4, 0.5) is 0 Å². The van der Waals surface area contributed by atoms with Gasteiger partial charge in [0.25, 0.3) is 0 Å². The first-order valence-electron chi connectivity index (χ1n) is 24.9. The number of rotatable bonds is 45. The Kier molecular flexibility index (Phi) is 40.9. The van der Waals surface area contributed by atoms with Crippen LogP contribution < -0.4 is 0 Å². The van der Waals surface area contributed by atoms with E-state index in [1.807, 2.05) is 21.1 Å². The van der Waals surface area contributed by atoms with Gasteiger partial charge < -0.3 is 23.8 Å². The third-order valence-electron chi connectivity index (χ3n) is 11.3. The minimum Gasteiger partial charge on any atom is -0.477 e. The lowest BCUT2D eigenvalue weighted by molar-refractivity contribution is -0.887. The van der Waals surface area contributed by atoms with Crippen molar-refractivity contribution >= 4 is 17.9 Å². The fraction of sp³-hybridized carbons (Fsp3) is 0.863. The molecule has 0 saturated heterocycles. The highest BCUT2D eigenvalue weighted by Gasteiger charge is 2.31. The molecule has 0 bridgehead atoms. The highest BCUT2D eigenvalue weighted by Crippen LogP contribution is 2.15. The minimum atomic E-state index is -0.875. The number of carboxylic acid groups (broad SMARTS) is 1. The maximum atomic E-state index is 12.7. The summed E-state index contributed by atoms with van der Waals surface area (Å²) < 4.78 is 17.3. The van der Waals surface area contributed by atoms with Gasteiger partial charge in [-0.25, -0.2) is 4.79 Å². The molecule has 0 amide bonds. The van der Waals surface area contributed by atoms with Crippen molar-refractivity contribution in [2.45, 2.75) is 244 Å². The van der Waals surface area contributed by atoms with E-state index in [9.17, 15) is 19.5 Å². The molecule has 0 aliphatic rings. The highest BCUT2D eigenvalue weighted by molar-refractivity contribution is 5.72. The van der Waals surface area contributed by atoms with Crippen LogP contribution >= 0.6 is 0 Å². The van der Waals surface area contributed by atoms with E-state index >= 15 is 0 Å². The van der Waals surface area contributed by atoms with Gasteiger partial charge in [0.15, 0.2) is 12.1 Å². The average molecular weight is 835 g/mol. The first-order chi connectivity index (χ1) is 28.6. The minimum absolute atomic E-state index is 0.0535. The van der Waals surface area contributed by atoms with E-state index in [-0.39, 0.29) is 36.2 Å². The van der Waals surface area contributed by atoms with E-state index in [0.29, 0.717) is 19.3 Å². The molecule has 8 nitrogen and oxygen atoms in total. The van der Waals surface area contributed by atoms with Gasteiger partial charge in [-0.15, -0.1) is 0 Å². The van der Waals surface area contributed by atoms with Crippen molar-refractivity contribution in [3.05, 3.63) is 24.3 Å². The molecule has 2 atom stereocenters. The Labute approximate surface area is 364 Å². The number of aliphatic carboxylic acids is 1. The van der Waals surface area contributed by atoms with Crippen LogP contribution in [0, 0.1) is 0 Å². The van der Waals surface area contributed by atoms with Crippen molar-refractivity contribution in [3.63, 3.8) is 0 Å². The van der Waals surface area contributed by atoms with Crippen LogP contribution in [0.1, 0.15) is 232 Å². The van der Waals surface area contributed by atoms with Gasteiger partial charge in [-0.05, 0) is 64.2 Å². The molecule has 0 aromatic carbocycles. The fourth-order valence-corrected chi connectivity index (χ4v) is 7.43. The van der Waals surface area contributed by atoms with Gasteiger partial charge in [0.05, 0.1) is 34.4 Å². The van der Waals surface area contributed by atoms with Crippen molar-refractivity contribution in [1.29, 1.82) is 0 Å². The number of esters is 2. The molecule has 0 saturated carbocycles. The summed E-state index contributed by atoms with van der Waals surface area (Å²) in [6.45, 7) is 4.72. The third kappa shape index (κ3) is 41.0. The normalized spacial score (nSPS) is 13.0. The van der Waals surface area contributed by atoms with E-state index in [1.54, 1.807) is 0 Å². The lowest BCUT2D eigenvalue weighted by Crippen LogP contribution is -2.50. The number of carbonyl (C=O) groups excluding carboxylic acids is 2.